The molecule has 0 radical (unpaired) electrons. The number of nitrogens with one attached hydrogen (secondary N) is 2. The van der Waals surface area contributed by atoms with Gasteiger partial charge in [-0.1, -0.05) is 6.92 Å². The SMILES string of the molecule is CNc1nc(NC(C)C(C)CO)c(F)cc1F. The lowest BCUT2D eigenvalue weighted by Crippen LogP contribution is -2.27. The van der Waals surface area contributed by atoms with Crippen molar-refractivity contribution in [3.63, 3.8) is 0 Å². The molecule has 4 nitrogen and oxygen atoms in total. The van der Waals surface area contributed by atoms with Crippen LogP contribution in [0.2, 0.25) is 0 Å². The first-order valence-electron chi connectivity index (χ1n) is 5.40. The van der Waals surface area contributed by atoms with Crippen LogP contribution in [0.5, 0.6) is 0 Å². The molecular formula is C11H17F2N3O. The minimum atomic E-state index is -0.751. The Kier molecular flexibility index (Phi) is 4.62. The van der Waals surface area contributed by atoms with Gasteiger partial charge >= 0.3 is 0 Å². The van der Waals surface area contributed by atoms with Gasteiger partial charge in [0.25, 0.3) is 0 Å². The Morgan fingerprint density at radius 3 is 2.41 bits per heavy atom. The van der Waals surface area contributed by atoms with Crippen LogP contribution < -0.4 is 10.6 Å². The first-order chi connectivity index (χ1) is 7.99. The zero-order valence-corrected chi connectivity index (χ0v) is 10.1. The van der Waals surface area contributed by atoms with E-state index in [-0.39, 0.29) is 30.2 Å². The maximum atomic E-state index is 13.4. The minimum absolute atomic E-state index is 0.0160. The molecule has 1 aromatic heterocycles. The van der Waals surface area contributed by atoms with Crippen LogP contribution in [0.3, 0.4) is 0 Å². The van der Waals surface area contributed by atoms with Crippen LogP contribution in [0.25, 0.3) is 0 Å². The fourth-order valence-electron chi connectivity index (χ4n) is 1.26. The molecule has 0 saturated heterocycles. The maximum Gasteiger partial charge on any atom is 0.168 e. The Hall–Kier alpha value is -1.43. The lowest BCUT2D eigenvalue weighted by Gasteiger charge is -2.20. The van der Waals surface area contributed by atoms with Gasteiger partial charge < -0.3 is 15.7 Å². The highest BCUT2D eigenvalue weighted by atomic mass is 19.1. The zero-order chi connectivity index (χ0) is 13.0. The van der Waals surface area contributed by atoms with E-state index >= 15 is 0 Å². The second-order valence-electron chi connectivity index (χ2n) is 3.99. The van der Waals surface area contributed by atoms with Crippen molar-refractivity contribution >= 4 is 11.6 Å². The molecule has 3 N–H and O–H groups in total. The topological polar surface area (TPSA) is 57.2 Å². The third-order valence-electron chi connectivity index (χ3n) is 2.67. The highest BCUT2D eigenvalue weighted by Gasteiger charge is 2.16. The van der Waals surface area contributed by atoms with Crippen molar-refractivity contribution in [3.8, 4) is 0 Å². The number of anilines is 2. The van der Waals surface area contributed by atoms with Gasteiger partial charge in [0, 0.05) is 25.8 Å². The van der Waals surface area contributed by atoms with Gasteiger partial charge in [0.05, 0.1) is 0 Å². The van der Waals surface area contributed by atoms with Crippen molar-refractivity contribution in [2.75, 3.05) is 24.3 Å². The van der Waals surface area contributed by atoms with E-state index in [1.165, 1.54) is 7.05 Å². The highest BCUT2D eigenvalue weighted by Crippen LogP contribution is 2.20. The van der Waals surface area contributed by atoms with Crippen LogP contribution in [0.15, 0.2) is 6.07 Å². The monoisotopic (exact) mass is 245 g/mol. The number of nitrogens with zero attached hydrogens (tertiary/aromatic N) is 1. The van der Waals surface area contributed by atoms with Gasteiger partial charge in [-0.2, -0.15) is 0 Å². The number of aromatic nitrogens is 1. The molecule has 0 spiro atoms. The summed E-state index contributed by atoms with van der Waals surface area (Å²) in [4.78, 5) is 3.79. The Morgan fingerprint density at radius 1 is 1.29 bits per heavy atom. The number of aliphatic hydroxyl groups is 1. The fourth-order valence-corrected chi connectivity index (χ4v) is 1.26. The molecule has 1 heterocycles. The predicted molar refractivity (Wildman–Crippen MR) is 63.0 cm³/mol. The lowest BCUT2D eigenvalue weighted by atomic mass is 10.1. The minimum Gasteiger partial charge on any atom is -0.396 e. The van der Waals surface area contributed by atoms with Gasteiger partial charge in [0.1, 0.15) is 0 Å². The number of hydrogen-bond donors (Lipinski definition) is 3. The predicted octanol–water partition coefficient (Wildman–Crippen LogP) is 1.83. The zero-order valence-electron chi connectivity index (χ0n) is 10.1. The molecule has 0 saturated carbocycles. The molecule has 0 fully saturated rings. The molecular weight excluding hydrogens is 228 g/mol. The first kappa shape index (κ1) is 13.6. The summed E-state index contributed by atoms with van der Waals surface area (Å²) >= 11 is 0. The second kappa shape index (κ2) is 5.77. The van der Waals surface area contributed by atoms with Gasteiger partial charge in [-0.25, -0.2) is 13.8 Å². The summed E-state index contributed by atoms with van der Waals surface area (Å²) in [5.41, 5.74) is 0. The molecule has 1 aromatic rings. The van der Waals surface area contributed by atoms with Crippen molar-refractivity contribution in [2.24, 2.45) is 5.92 Å². The molecule has 0 aromatic carbocycles. The Balaban J connectivity index is 2.91. The van der Waals surface area contributed by atoms with Crippen LogP contribution in [0, 0.1) is 17.6 Å². The second-order valence-corrected chi connectivity index (χ2v) is 3.99. The molecule has 0 aliphatic carbocycles. The van der Waals surface area contributed by atoms with E-state index < -0.39 is 11.6 Å². The Bertz CT molecular complexity index is 387. The summed E-state index contributed by atoms with van der Waals surface area (Å²) in [6.45, 7) is 3.60. The standard InChI is InChI=1S/C11H17F2N3O/c1-6(5-17)7(2)15-11-9(13)4-8(12)10(14-3)16-11/h4,6-7,17H,5H2,1-3H3,(H2,14,15,16). The maximum absolute atomic E-state index is 13.4. The van der Waals surface area contributed by atoms with Gasteiger partial charge in [0.15, 0.2) is 23.3 Å². The summed E-state index contributed by atoms with van der Waals surface area (Å²) in [6, 6.07) is 0.606. The third-order valence-corrected chi connectivity index (χ3v) is 2.67. The van der Waals surface area contributed by atoms with E-state index in [1.807, 2.05) is 6.92 Å². The molecule has 96 valence electrons. The molecule has 1 rings (SSSR count). The van der Waals surface area contributed by atoms with Crippen molar-refractivity contribution in [1.29, 1.82) is 0 Å². The lowest BCUT2D eigenvalue weighted by molar-refractivity contribution is 0.226. The number of hydrogen-bond acceptors (Lipinski definition) is 4. The summed E-state index contributed by atoms with van der Waals surface area (Å²) in [7, 11) is 1.51. The Morgan fingerprint density at radius 2 is 1.88 bits per heavy atom. The molecule has 0 aliphatic rings. The van der Waals surface area contributed by atoms with E-state index in [0.29, 0.717) is 0 Å². The molecule has 0 bridgehead atoms. The third kappa shape index (κ3) is 3.26. The molecule has 0 amide bonds. The molecule has 0 aliphatic heterocycles. The van der Waals surface area contributed by atoms with Gasteiger partial charge in [-0.15, -0.1) is 0 Å². The van der Waals surface area contributed by atoms with Crippen molar-refractivity contribution < 1.29 is 13.9 Å². The van der Waals surface area contributed by atoms with Crippen LogP contribution in [-0.2, 0) is 0 Å². The average Bonchev–Trinajstić information content (AvgIpc) is 2.31. The van der Waals surface area contributed by atoms with Crippen LogP contribution in [-0.4, -0.2) is 29.8 Å². The summed E-state index contributed by atoms with van der Waals surface area (Å²) < 4.78 is 26.6. The largest absolute Gasteiger partial charge is 0.396 e. The summed E-state index contributed by atoms with van der Waals surface area (Å²) in [5, 5.41) is 14.3. The van der Waals surface area contributed by atoms with Crippen LogP contribution >= 0.6 is 0 Å². The molecule has 2 atom stereocenters. The van der Waals surface area contributed by atoms with Crippen molar-refractivity contribution in [3.05, 3.63) is 17.7 Å². The molecule has 17 heavy (non-hydrogen) atoms. The quantitative estimate of drug-likeness (QED) is 0.740. The first-order valence-corrected chi connectivity index (χ1v) is 5.40. The van der Waals surface area contributed by atoms with E-state index in [2.05, 4.69) is 15.6 Å². The van der Waals surface area contributed by atoms with Gasteiger partial charge in [-0.05, 0) is 12.8 Å². The van der Waals surface area contributed by atoms with Crippen molar-refractivity contribution in [2.45, 2.75) is 19.9 Å². The molecule has 2 unspecified atom stereocenters. The fraction of sp³-hybridized carbons (Fsp3) is 0.545. The number of rotatable bonds is 5. The molecule has 6 heteroatoms. The average molecular weight is 245 g/mol. The number of aliphatic hydroxyl groups excluding tert-OH is 1. The van der Waals surface area contributed by atoms with Crippen molar-refractivity contribution in [1.82, 2.24) is 4.98 Å². The van der Waals surface area contributed by atoms with E-state index in [1.54, 1.807) is 6.92 Å². The smallest absolute Gasteiger partial charge is 0.168 e. The van der Waals surface area contributed by atoms with E-state index in [9.17, 15) is 8.78 Å². The Labute approximate surface area is 99.1 Å². The summed E-state index contributed by atoms with van der Waals surface area (Å²) in [6.07, 6.45) is 0. The van der Waals surface area contributed by atoms with E-state index in [0.717, 1.165) is 6.07 Å². The summed E-state index contributed by atoms with van der Waals surface area (Å²) in [5.74, 6) is -1.59. The number of pyridine rings is 1. The van der Waals surface area contributed by atoms with Crippen LogP contribution in [0.1, 0.15) is 13.8 Å². The van der Waals surface area contributed by atoms with Gasteiger partial charge in [-0.3, -0.25) is 0 Å². The number of halogens is 2. The van der Waals surface area contributed by atoms with Crippen LogP contribution in [0.4, 0.5) is 20.4 Å². The highest BCUT2D eigenvalue weighted by molar-refractivity contribution is 5.47. The van der Waals surface area contributed by atoms with Gasteiger partial charge in [0.2, 0.25) is 0 Å². The van der Waals surface area contributed by atoms with E-state index in [4.69, 9.17) is 5.11 Å². The normalized spacial score (nSPS) is 14.2.